The topological polar surface area (TPSA) is 12.0 Å². The molecule has 1 saturated carbocycles. The Morgan fingerprint density at radius 1 is 1.38 bits per heavy atom. The van der Waals surface area contributed by atoms with Gasteiger partial charge in [-0.3, -0.25) is 0 Å². The van der Waals surface area contributed by atoms with Crippen molar-refractivity contribution in [1.29, 1.82) is 0 Å². The molecular weight excluding hydrogens is 234 g/mol. The van der Waals surface area contributed by atoms with E-state index in [1.54, 1.807) is 4.88 Å². The first-order valence-corrected chi connectivity index (χ1v) is 8.31. The first-order valence-electron chi connectivity index (χ1n) is 6.28. The van der Waals surface area contributed by atoms with Gasteiger partial charge in [0.05, 0.1) is 0 Å². The van der Waals surface area contributed by atoms with Gasteiger partial charge in [0.15, 0.2) is 0 Å². The molecule has 0 aromatic carbocycles. The molecule has 0 bridgehead atoms. The Bertz CT molecular complexity index is 313. The maximum Gasteiger partial charge on any atom is 0.0443 e. The second kappa shape index (κ2) is 5.11. The third kappa shape index (κ3) is 2.63. The average molecular weight is 253 g/mol. The number of hydrogen-bond acceptors (Lipinski definition) is 3. The van der Waals surface area contributed by atoms with Gasteiger partial charge in [-0.25, -0.2) is 0 Å². The maximum atomic E-state index is 3.82. The number of nitrogens with one attached hydrogen (secondary N) is 1. The summed E-state index contributed by atoms with van der Waals surface area (Å²) >= 11 is 4.03. The van der Waals surface area contributed by atoms with E-state index in [0.29, 0.717) is 6.04 Å². The van der Waals surface area contributed by atoms with Gasteiger partial charge in [-0.2, -0.15) is 11.8 Å². The molecule has 0 radical (unpaired) electrons. The van der Waals surface area contributed by atoms with Crippen molar-refractivity contribution in [3.8, 4) is 0 Å². The highest BCUT2D eigenvalue weighted by molar-refractivity contribution is 7.99. The van der Waals surface area contributed by atoms with Crippen LogP contribution in [0.3, 0.4) is 0 Å². The van der Waals surface area contributed by atoms with Crippen LogP contribution in [-0.2, 0) is 0 Å². The van der Waals surface area contributed by atoms with E-state index in [1.807, 2.05) is 11.3 Å². The van der Waals surface area contributed by atoms with E-state index in [2.05, 4.69) is 34.6 Å². The molecule has 2 fully saturated rings. The third-order valence-corrected chi connectivity index (χ3v) is 5.78. The molecule has 3 rings (SSSR count). The van der Waals surface area contributed by atoms with E-state index in [0.717, 1.165) is 11.8 Å². The lowest BCUT2D eigenvalue weighted by Crippen LogP contribution is -2.28. The van der Waals surface area contributed by atoms with E-state index in [-0.39, 0.29) is 0 Å². The SMILES string of the molecule is c1csc(C(NCC2CCSC2)C2CC2)c1. The molecule has 3 heteroatoms. The van der Waals surface area contributed by atoms with E-state index in [9.17, 15) is 0 Å². The molecule has 0 spiro atoms. The Morgan fingerprint density at radius 3 is 2.94 bits per heavy atom. The van der Waals surface area contributed by atoms with Crippen LogP contribution in [0.1, 0.15) is 30.2 Å². The number of rotatable bonds is 5. The van der Waals surface area contributed by atoms with Crippen molar-refractivity contribution in [3.63, 3.8) is 0 Å². The molecule has 1 aromatic rings. The van der Waals surface area contributed by atoms with Crippen molar-refractivity contribution in [1.82, 2.24) is 5.32 Å². The molecule has 2 heterocycles. The van der Waals surface area contributed by atoms with Crippen LogP contribution >= 0.6 is 23.1 Å². The molecule has 1 saturated heterocycles. The van der Waals surface area contributed by atoms with E-state index in [4.69, 9.17) is 0 Å². The highest BCUT2D eigenvalue weighted by Gasteiger charge is 2.33. The standard InChI is InChI=1S/C13H19NS2/c1-2-12(16-6-1)13(11-3-4-11)14-8-10-5-7-15-9-10/h1-2,6,10-11,13-14H,3-5,7-9H2. The minimum atomic E-state index is 0.658. The van der Waals surface area contributed by atoms with Crippen molar-refractivity contribution in [2.75, 3.05) is 18.1 Å². The van der Waals surface area contributed by atoms with Gasteiger partial charge in [0.1, 0.15) is 0 Å². The van der Waals surface area contributed by atoms with Gasteiger partial charge in [0.2, 0.25) is 0 Å². The predicted octanol–water partition coefficient (Wildman–Crippen LogP) is 3.54. The minimum Gasteiger partial charge on any atom is -0.309 e. The molecule has 2 atom stereocenters. The average Bonchev–Trinajstić information content (AvgIpc) is 2.83. The Morgan fingerprint density at radius 2 is 2.31 bits per heavy atom. The van der Waals surface area contributed by atoms with Crippen LogP contribution in [0.15, 0.2) is 17.5 Å². The second-order valence-electron chi connectivity index (χ2n) is 4.97. The fraction of sp³-hybridized carbons (Fsp3) is 0.692. The van der Waals surface area contributed by atoms with E-state index < -0.39 is 0 Å². The van der Waals surface area contributed by atoms with Crippen LogP contribution < -0.4 is 5.32 Å². The minimum absolute atomic E-state index is 0.658. The molecule has 1 aromatic heterocycles. The quantitative estimate of drug-likeness (QED) is 0.861. The predicted molar refractivity (Wildman–Crippen MR) is 73.2 cm³/mol. The zero-order valence-corrected chi connectivity index (χ0v) is 11.2. The van der Waals surface area contributed by atoms with Crippen LogP contribution in [0.4, 0.5) is 0 Å². The fourth-order valence-electron chi connectivity index (χ4n) is 2.44. The summed E-state index contributed by atoms with van der Waals surface area (Å²) in [6.45, 7) is 1.23. The summed E-state index contributed by atoms with van der Waals surface area (Å²) in [5.41, 5.74) is 0. The lowest BCUT2D eigenvalue weighted by molar-refractivity contribution is 0.432. The van der Waals surface area contributed by atoms with E-state index in [1.165, 1.54) is 37.3 Å². The highest BCUT2D eigenvalue weighted by Crippen LogP contribution is 2.42. The molecule has 1 N–H and O–H groups in total. The summed E-state index contributed by atoms with van der Waals surface area (Å²) in [5, 5.41) is 6.03. The lowest BCUT2D eigenvalue weighted by Gasteiger charge is -2.19. The molecule has 16 heavy (non-hydrogen) atoms. The summed E-state index contributed by atoms with van der Waals surface area (Å²) in [6.07, 6.45) is 4.27. The zero-order valence-electron chi connectivity index (χ0n) is 9.52. The summed E-state index contributed by atoms with van der Waals surface area (Å²) in [7, 11) is 0. The Kier molecular flexibility index (Phi) is 3.55. The summed E-state index contributed by atoms with van der Waals surface area (Å²) in [4.78, 5) is 1.55. The van der Waals surface area contributed by atoms with E-state index >= 15 is 0 Å². The van der Waals surface area contributed by atoms with Gasteiger partial charge in [0, 0.05) is 10.9 Å². The van der Waals surface area contributed by atoms with Crippen LogP contribution in [0.5, 0.6) is 0 Å². The Balaban J connectivity index is 1.57. The number of thiophene rings is 1. The molecule has 1 aliphatic heterocycles. The number of thioether (sulfide) groups is 1. The molecule has 1 nitrogen and oxygen atoms in total. The van der Waals surface area contributed by atoms with Crippen LogP contribution in [0, 0.1) is 11.8 Å². The van der Waals surface area contributed by atoms with Gasteiger partial charge in [0.25, 0.3) is 0 Å². The van der Waals surface area contributed by atoms with Crippen molar-refractivity contribution in [2.24, 2.45) is 11.8 Å². The Hall–Kier alpha value is 0.01000. The van der Waals surface area contributed by atoms with Crippen molar-refractivity contribution in [3.05, 3.63) is 22.4 Å². The van der Waals surface area contributed by atoms with Crippen molar-refractivity contribution >= 4 is 23.1 Å². The third-order valence-electron chi connectivity index (χ3n) is 3.59. The van der Waals surface area contributed by atoms with Crippen LogP contribution in [0.2, 0.25) is 0 Å². The van der Waals surface area contributed by atoms with Gasteiger partial charge < -0.3 is 5.32 Å². The molecule has 88 valence electrons. The molecule has 1 aliphatic carbocycles. The first kappa shape index (κ1) is 11.1. The highest BCUT2D eigenvalue weighted by atomic mass is 32.2. The molecule has 0 amide bonds. The van der Waals surface area contributed by atoms with Crippen LogP contribution in [0.25, 0.3) is 0 Å². The largest absolute Gasteiger partial charge is 0.309 e. The number of hydrogen-bond donors (Lipinski definition) is 1. The second-order valence-corrected chi connectivity index (χ2v) is 7.10. The van der Waals surface area contributed by atoms with Gasteiger partial charge in [-0.05, 0) is 60.6 Å². The van der Waals surface area contributed by atoms with Crippen molar-refractivity contribution < 1.29 is 0 Å². The smallest absolute Gasteiger partial charge is 0.0443 e. The monoisotopic (exact) mass is 253 g/mol. The lowest BCUT2D eigenvalue weighted by atomic mass is 10.1. The van der Waals surface area contributed by atoms with Crippen molar-refractivity contribution in [2.45, 2.75) is 25.3 Å². The van der Waals surface area contributed by atoms with Gasteiger partial charge >= 0.3 is 0 Å². The molecular formula is C13H19NS2. The summed E-state index contributed by atoms with van der Waals surface area (Å²) in [5.74, 6) is 4.59. The zero-order chi connectivity index (χ0) is 10.8. The normalized spacial score (nSPS) is 27.1. The fourth-order valence-corrected chi connectivity index (χ4v) is 4.61. The van der Waals surface area contributed by atoms with Crippen LogP contribution in [-0.4, -0.2) is 18.1 Å². The summed E-state index contributed by atoms with van der Waals surface area (Å²) in [6, 6.07) is 5.14. The van der Waals surface area contributed by atoms with Gasteiger partial charge in [-0.15, -0.1) is 11.3 Å². The maximum absolute atomic E-state index is 3.82. The molecule has 2 unspecified atom stereocenters. The van der Waals surface area contributed by atoms with Gasteiger partial charge in [-0.1, -0.05) is 6.07 Å². The summed E-state index contributed by atoms with van der Waals surface area (Å²) < 4.78 is 0. The first-order chi connectivity index (χ1) is 7.93. The Labute approximate surface area is 106 Å². The molecule has 2 aliphatic rings.